The minimum absolute atomic E-state index is 0.0136. The second-order valence-corrected chi connectivity index (χ2v) is 8.54. The van der Waals surface area contributed by atoms with E-state index in [1.165, 1.54) is 0 Å². The van der Waals surface area contributed by atoms with E-state index >= 15 is 0 Å². The Morgan fingerprint density at radius 1 is 1.44 bits per heavy atom. The molecular weight excluding hydrogens is 370 g/mol. The summed E-state index contributed by atoms with van der Waals surface area (Å²) in [5, 5.41) is 0.146. The first-order valence-electron chi connectivity index (χ1n) is 8.09. The maximum absolute atomic E-state index is 11.2. The normalized spacial score (nSPS) is 26.7. The number of halogens is 1. The van der Waals surface area contributed by atoms with Crippen molar-refractivity contribution in [2.75, 3.05) is 37.5 Å². The molecule has 0 amide bonds. The van der Waals surface area contributed by atoms with Gasteiger partial charge in [0.1, 0.15) is 11.4 Å². The standard InChI is InChI=1S/C15H22ClN3O5S/c1-10-8-22-7-5-19(10)13-11-9-23-15(2,4-6-24-25(3,20)21)12(11)17-14(16)18-13/h10H,4-9H2,1-3H3/t10-,15?/m0/s1. The average Bonchev–Trinajstić information content (AvgIpc) is 2.83. The van der Waals surface area contributed by atoms with Gasteiger partial charge in [0, 0.05) is 18.5 Å². The molecule has 3 heterocycles. The largest absolute Gasteiger partial charge is 0.377 e. The molecule has 25 heavy (non-hydrogen) atoms. The summed E-state index contributed by atoms with van der Waals surface area (Å²) in [4.78, 5) is 10.9. The number of morpholine rings is 1. The summed E-state index contributed by atoms with van der Waals surface area (Å²) in [7, 11) is -3.50. The molecule has 1 aromatic rings. The fourth-order valence-electron chi connectivity index (χ4n) is 3.17. The highest BCUT2D eigenvalue weighted by Crippen LogP contribution is 2.42. The van der Waals surface area contributed by atoms with E-state index in [1.807, 2.05) is 6.92 Å². The molecule has 1 unspecified atom stereocenters. The first-order valence-corrected chi connectivity index (χ1v) is 10.3. The van der Waals surface area contributed by atoms with Gasteiger partial charge in [0.25, 0.3) is 10.1 Å². The molecule has 0 bridgehead atoms. The van der Waals surface area contributed by atoms with E-state index in [-0.39, 0.29) is 17.9 Å². The molecule has 140 valence electrons. The topological polar surface area (TPSA) is 90.8 Å². The highest BCUT2D eigenvalue weighted by molar-refractivity contribution is 7.85. The zero-order valence-corrected chi connectivity index (χ0v) is 16.1. The van der Waals surface area contributed by atoms with E-state index in [4.69, 9.17) is 25.3 Å². The molecular formula is C15H22ClN3O5S. The highest BCUT2D eigenvalue weighted by Gasteiger charge is 2.41. The van der Waals surface area contributed by atoms with Crippen LogP contribution in [0.1, 0.15) is 31.5 Å². The lowest BCUT2D eigenvalue weighted by atomic mass is 9.97. The Morgan fingerprint density at radius 2 is 2.20 bits per heavy atom. The van der Waals surface area contributed by atoms with Gasteiger partial charge in [-0.2, -0.15) is 8.42 Å². The first-order chi connectivity index (χ1) is 11.7. The Hall–Kier alpha value is -1.00. The number of nitrogens with zero attached hydrogens (tertiary/aromatic N) is 3. The Balaban J connectivity index is 1.89. The molecule has 2 atom stereocenters. The van der Waals surface area contributed by atoms with E-state index in [0.29, 0.717) is 31.9 Å². The summed E-state index contributed by atoms with van der Waals surface area (Å²) >= 11 is 6.17. The molecule has 1 saturated heterocycles. The van der Waals surface area contributed by atoms with Crippen molar-refractivity contribution in [3.63, 3.8) is 0 Å². The molecule has 0 aromatic carbocycles. The van der Waals surface area contributed by atoms with Crippen LogP contribution in [0, 0.1) is 0 Å². The zero-order chi connectivity index (χ0) is 18.2. The van der Waals surface area contributed by atoms with Crippen molar-refractivity contribution in [1.29, 1.82) is 0 Å². The number of hydrogen-bond donors (Lipinski definition) is 0. The van der Waals surface area contributed by atoms with Crippen LogP contribution in [0.2, 0.25) is 5.28 Å². The lowest BCUT2D eigenvalue weighted by molar-refractivity contribution is -0.0386. The van der Waals surface area contributed by atoms with Gasteiger partial charge >= 0.3 is 0 Å². The van der Waals surface area contributed by atoms with E-state index in [1.54, 1.807) is 0 Å². The predicted octanol–water partition coefficient (Wildman–Crippen LogP) is 1.47. The van der Waals surface area contributed by atoms with Gasteiger partial charge in [-0.3, -0.25) is 4.18 Å². The number of ether oxygens (including phenoxy) is 2. The van der Waals surface area contributed by atoms with Crippen LogP contribution >= 0.6 is 11.6 Å². The van der Waals surface area contributed by atoms with Gasteiger partial charge in [0.05, 0.1) is 44.4 Å². The summed E-state index contributed by atoms with van der Waals surface area (Å²) in [6.45, 7) is 6.25. The monoisotopic (exact) mass is 391 g/mol. The smallest absolute Gasteiger partial charge is 0.264 e. The average molecular weight is 392 g/mol. The molecule has 0 spiro atoms. The van der Waals surface area contributed by atoms with Gasteiger partial charge in [-0.25, -0.2) is 9.97 Å². The van der Waals surface area contributed by atoms with Crippen LogP contribution in [0.5, 0.6) is 0 Å². The van der Waals surface area contributed by atoms with Crippen LogP contribution in [0.4, 0.5) is 5.82 Å². The molecule has 1 aromatic heterocycles. The Kier molecular flexibility index (Phi) is 5.23. The lowest BCUT2D eigenvalue weighted by Crippen LogP contribution is -2.44. The van der Waals surface area contributed by atoms with Crippen molar-refractivity contribution in [2.24, 2.45) is 0 Å². The maximum Gasteiger partial charge on any atom is 0.264 e. The van der Waals surface area contributed by atoms with Crippen LogP contribution < -0.4 is 4.90 Å². The van der Waals surface area contributed by atoms with Gasteiger partial charge in [-0.1, -0.05) is 0 Å². The molecule has 0 N–H and O–H groups in total. The second kappa shape index (κ2) is 6.96. The van der Waals surface area contributed by atoms with Crippen LogP contribution in [-0.4, -0.2) is 57.0 Å². The third kappa shape index (κ3) is 4.06. The second-order valence-electron chi connectivity index (χ2n) is 6.56. The molecule has 8 nitrogen and oxygen atoms in total. The number of aromatic nitrogens is 2. The van der Waals surface area contributed by atoms with E-state index < -0.39 is 15.7 Å². The molecule has 10 heteroatoms. The Labute approximate surface area is 152 Å². The molecule has 0 aliphatic carbocycles. The van der Waals surface area contributed by atoms with Crippen LogP contribution in [0.15, 0.2) is 0 Å². The lowest BCUT2D eigenvalue weighted by Gasteiger charge is -2.35. The van der Waals surface area contributed by atoms with Gasteiger partial charge in [0.2, 0.25) is 5.28 Å². The maximum atomic E-state index is 11.2. The van der Waals surface area contributed by atoms with Crippen molar-refractivity contribution < 1.29 is 22.1 Å². The minimum atomic E-state index is -3.50. The Bertz CT molecular complexity index is 760. The SMILES string of the molecule is C[C@H]1COCCN1c1nc(Cl)nc2c1COC2(C)CCOS(C)(=O)=O. The summed E-state index contributed by atoms with van der Waals surface area (Å²) < 4.78 is 38.6. The van der Waals surface area contributed by atoms with Crippen molar-refractivity contribution in [1.82, 2.24) is 9.97 Å². The van der Waals surface area contributed by atoms with Gasteiger partial charge in [0.15, 0.2) is 0 Å². The van der Waals surface area contributed by atoms with Crippen molar-refractivity contribution in [3.8, 4) is 0 Å². The van der Waals surface area contributed by atoms with Gasteiger partial charge < -0.3 is 14.4 Å². The van der Waals surface area contributed by atoms with Crippen molar-refractivity contribution >= 4 is 27.5 Å². The fraction of sp³-hybridized carbons (Fsp3) is 0.733. The van der Waals surface area contributed by atoms with E-state index in [2.05, 4.69) is 21.8 Å². The van der Waals surface area contributed by atoms with E-state index in [0.717, 1.165) is 24.2 Å². The van der Waals surface area contributed by atoms with Crippen LogP contribution in [0.25, 0.3) is 0 Å². The highest BCUT2D eigenvalue weighted by atomic mass is 35.5. The third-order valence-corrected chi connectivity index (χ3v) is 5.27. The van der Waals surface area contributed by atoms with Crippen molar-refractivity contribution in [2.45, 2.75) is 38.5 Å². The van der Waals surface area contributed by atoms with Gasteiger partial charge in [-0.05, 0) is 25.4 Å². The number of fused-ring (bicyclic) bond motifs is 1. The number of hydrogen-bond acceptors (Lipinski definition) is 8. The molecule has 3 rings (SSSR count). The van der Waals surface area contributed by atoms with Gasteiger partial charge in [-0.15, -0.1) is 0 Å². The number of rotatable bonds is 5. The molecule has 2 aliphatic rings. The van der Waals surface area contributed by atoms with Crippen LogP contribution in [-0.2, 0) is 36.0 Å². The molecule has 1 fully saturated rings. The van der Waals surface area contributed by atoms with E-state index in [9.17, 15) is 8.42 Å². The van der Waals surface area contributed by atoms with Crippen LogP contribution in [0.3, 0.4) is 0 Å². The zero-order valence-electron chi connectivity index (χ0n) is 14.5. The summed E-state index contributed by atoms with van der Waals surface area (Å²) in [5.41, 5.74) is 0.815. The molecule has 2 aliphatic heterocycles. The quantitative estimate of drug-likeness (QED) is 0.550. The molecule has 0 radical (unpaired) electrons. The summed E-state index contributed by atoms with van der Waals surface area (Å²) in [6, 6.07) is 0.171. The minimum Gasteiger partial charge on any atom is -0.377 e. The third-order valence-electron chi connectivity index (χ3n) is 4.51. The fourth-order valence-corrected chi connectivity index (χ4v) is 3.72. The summed E-state index contributed by atoms with van der Waals surface area (Å²) in [6.07, 6.45) is 1.37. The Morgan fingerprint density at radius 3 is 2.88 bits per heavy atom. The number of anilines is 1. The predicted molar refractivity (Wildman–Crippen MR) is 92.2 cm³/mol. The first kappa shape index (κ1) is 18.8. The molecule has 0 saturated carbocycles. The summed E-state index contributed by atoms with van der Waals surface area (Å²) in [5.74, 6) is 0.763. The van der Waals surface area contributed by atoms with Crippen molar-refractivity contribution in [3.05, 3.63) is 16.5 Å².